The Bertz CT molecular complexity index is 1190. The van der Waals surface area contributed by atoms with Gasteiger partial charge in [0.1, 0.15) is 11.5 Å². The highest BCUT2D eigenvalue weighted by Crippen LogP contribution is 2.57. The van der Waals surface area contributed by atoms with Crippen LogP contribution in [0.5, 0.6) is 5.75 Å². The molecule has 4 rings (SSSR count). The van der Waals surface area contributed by atoms with E-state index in [1.165, 1.54) is 13.3 Å². The molecule has 0 saturated heterocycles. The van der Waals surface area contributed by atoms with Crippen molar-refractivity contribution < 1.29 is 13.9 Å². The van der Waals surface area contributed by atoms with Gasteiger partial charge in [-0.3, -0.25) is 9.48 Å². The number of benzene rings is 1. The number of ether oxygens (including phenoxy) is 1. The topological polar surface area (TPSA) is 108 Å². The zero-order chi connectivity index (χ0) is 22.9. The van der Waals surface area contributed by atoms with Crippen LogP contribution in [0.2, 0.25) is 0 Å². The molecule has 0 radical (unpaired) electrons. The van der Waals surface area contributed by atoms with E-state index < -0.39 is 16.8 Å². The second-order valence-electron chi connectivity index (χ2n) is 7.09. The summed E-state index contributed by atoms with van der Waals surface area (Å²) in [5.41, 5.74) is 3.96. The van der Waals surface area contributed by atoms with Gasteiger partial charge in [-0.15, -0.1) is 11.8 Å². The summed E-state index contributed by atoms with van der Waals surface area (Å²) in [7, 11) is 3.13. The number of nitrogens with one attached hydrogen (secondary N) is 1. The lowest BCUT2D eigenvalue weighted by Crippen LogP contribution is -2.34. The highest BCUT2D eigenvalue weighted by molar-refractivity contribution is 8.05. The third-order valence-corrected chi connectivity index (χ3v) is 7.08. The van der Waals surface area contributed by atoms with Crippen LogP contribution < -0.4 is 15.8 Å². The van der Waals surface area contributed by atoms with E-state index in [-0.39, 0.29) is 33.8 Å². The quantitative estimate of drug-likeness (QED) is 0.540. The molecule has 3 aromatic rings. The number of hydrogen-bond donors (Lipinski definition) is 2. The minimum atomic E-state index is -2.33. The van der Waals surface area contributed by atoms with Crippen LogP contribution in [0, 0.1) is 0 Å². The molecule has 3 heterocycles. The normalized spacial score (nSPS) is 20.4. The maximum absolute atomic E-state index is 17.0. The lowest BCUT2D eigenvalue weighted by Gasteiger charge is -2.28. The Balaban J connectivity index is 1.81. The monoisotopic (exact) mass is 474 g/mol. The number of aryl methyl sites for hydroxylation is 1. The zero-order valence-corrected chi connectivity index (χ0v) is 18.8. The van der Waals surface area contributed by atoms with Crippen molar-refractivity contribution in [3.05, 3.63) is 70.0 Å². The van der Waals surface area contributed by atoms with Crippen molar-refractivity contribution in [2.75, 3.05) is 12.4 Å². The summed E-state index contributed by atoms with van der Waals surface area (Å²) in [4.78, 5) is 20.6. The molecule has 2 aromatic heterocycles. The largest absolute Gasteiger partial charge is 0.493 e. The molecular weight excluding hydrogens is 455 g/mol. The predicted molar refractivity (Wildman–Crippen MR) is 121 cm³/mol. The van der Waals surface area contributed by atoms with Crippen LogP contribution in [0.15, 0.2) is 58.7 Å². The molecular formula is C21H20ClFN6O2S. The maximum Gasteiger partial charge on any atom is 0.256 e. The Morgan fingerprint density at radius 1 is 1.38 bits per heavy atom. The molecule has 2 atom stereocenters. The smallest absolute Gasteiger partial charge is 0.256 e. The Morgan fingerprint density at radius 3 is 2.75 bits per heavy atom. The fourth-order valence-electron chi connectivity index (χ4n) is 3.47. The van der Waals surface area contributed by atoms with E-state index >= 15 is 4.39 Å². The third-order valence-electron chi connectivity index (χ3n) is 5.09. The number of nitrogens with zero attached hydrogens (tertiary/aromatic N) is 4. The van der Waals surface area contributed by atoms with E-state index in [9.17, 15) is 4.79 Å². The Hall–Kier alpha value is -3.11. The minimum absolute atomic E-state index is 0.0306. The average Bonchev–Trinajstić information content (AvgIpc) is 3.30. The van der Waals surface area contributed by atoms with Crippen LogP contribution in [-0.4, -0.2) is 38.0 Å². The summed E-state index contributed by atoms with van der Waals surface area (Å²) in [5, 5.41) is 5.97. The van der Waals surface area contributed by atoms with Crippen LogP contribution in [0.1, 0.15) is 11.3 Å². The van der Waals surface area contributed by atoms with Crippen molar-refractivity contribution in [3.63, 3.8) is 0 Å². The summed E-state index contributed by atoms with van der Waals surface area (Å²) >= 11 is 7.46. The number of anilines is 2. The number of rotatable bonds is 7. The second-order valence-corrected chi connectivity index (χ2v) is 8.68. The number of nitrogens with two attached hydrogens (primary N) is 1. The van der Waals surface area contributed by atoms with E-state index in [1.54, 1.807) is 24.0 Å². The molecule has 0 bridgehead atoms. The van der Waals surface area contributed by atoms with Crippen LogP contribution in [0.3, 0.4) is 0 Å². The second kappa shape index (κ2) is 8.79. The van der Waals surface area contributed by atoms with E-state index in [2.05, 4.69) is 20.4 Å². The molecule has 1 aliphatic rings. The molecule has 1 aromatic carbocycles. The van der Waals surface area contributed by atoms with Crippen molar-refractivity contribution >= 4 is 41.0 Å². The molecule has 166 valence electrons. The summed E-state index contributed by atoms with van der Waals surface area (Å²) in [6.07, 6.45) is 3.25. The minimum Gasteiger partial charge on any atom is -0.493 e. The maximum atomic E-state index is 17.0. The van der Waals surface area contributed by atoms with E-state index in [4.69, 9.17) is 22.1 Å². The molecule has 0 spiro atoms. The molecule has 1 amide bonds. The molecule has 0 aliphatic carbocycles. The van der Waals surface area contributed by atoms with Gasteiger partial charge in [-0.05, 0) is 12.0 Å². The number of thioether (sulfide) groups is 1. The summed E-state index contributed by atoms with van der Waals surface area (Å²) in [5.74, 6) is 0.0430. The number of carbonyl (C=O) groups is 1. The summed E-state index contributed by atoms with van der Waals surface area (Å²) in [6.45, 7) is 0. The van der Waals surface area contributed by atoms with Crippen LogP contribution in [-0.2, 0) is 23.9 Å². The number of primary amides is 1. The lowest BCUT2D eigenvalue weighted by molar-refractivity contribution is -0.113. The molecule has 11 heteroatoms. The number of halogens is 2. The third kappa shape index (κ3) is 3.91. The number of aromatic nitrogens is 4. The standard InChI is InChI=1S/C21H20ClFN6O2S/c1-29-15(8-9-26-29)27-20-25-11-13(31-2)18(28-20)21(23)14(10-12-6-4-3-5-7-12)32-16(17(21)22)19(24)30/h3-9,11,14H,10H2,1-2H3,(H2,24,30)(H,25,27,28). The van der Waals surface area contributed by atoms with Gasteiger partial charge in [0.2, 0.25) is 11.6 Å². The SMILES string of the molecule is COc1cnc(Nc2ccnn2C)nc1C1(F)C(Cl)=C(C(N)=O)SC1Cc1ccccc1. The number of alkyl halides is 1. The molecule has 1 aliphatic heterocycles. The first kappa shape index (κ1) is 22.1. The van der Waals surface area contributed by atoms with Gasteiger partial charge in [0, 0.05) is 13.1 Å². The number of carbonyl (C=O) groups excluding carboxylic acids is 1. The van der Waals surface area contributed by atoms with Crippen molar-refractivity contribution in [2.45, 2.75) is 17.3 Å². The highest BCUT2D eigenvalue weighted by Gasteiger charge is 2.55. The number of amides is 1. The van der Waals surface area contributed by atoms with Crippen molar-refractivity contribution in [1.82, 2.24) is 19.7 Å². The van der Waals surface area contributed by atoms with E-state index in [0.29, 0.717) is 5.82 Å². The van der Waals surface area contributed by atoms with Crippen molar-refractivity contribution in [3.8, 4) is 5.75 Å². The fourth-order valence-corrected chi connectivity index (χ4v) is 5.30. The van der Waals surface area contributed by atoms with Crippen LogP contribution in [0.25, 0.3) is 0 Å². The van der Waals surface area contributed by atoms with Gasteiger partial charge in [-0.1, -0.05) is 41.9 Å². The van der Waals surface area contributed by atoms with Crippen LogP contribution >= 0.6 is 23.4 Å². The fraction of sp³-hybridized carbons (Fsp3) is 0.238. The number of allylic oxidation sites excluding steroid dienone is 1. The van der Waals surface area contributed by atoms with E-state index in [0.717, 1.165) is 17.3 Å². The molecule has 3 N–H and O–H groups in total. The number of methoxy groups -OCH3 is 1. The molecule has 2 unspecified atom stereocenters. The Morgan fingerprint density at radius 2 is 2.12 bits per heavy atom. The van der Waals surface area contributed by atoms with Gasteiger partial charge in [0.15, 0.2) is 5.75 Å². The first-order valence-electron chi connectivity index (χ1n) is 9.60. The van der Waals surface area contributed by atoms with Gasteiger partial charge >= 0.3 is 0 Å². The van der Waals surface area contributed by atoms with Gasteiger partial charge in [-0.2, -0.15) is 5.10 Å². The lowest BCUT2D eigenvalue weighted by atomic mass is 9.91. The van der Waals surface area contributed by atoms with Crippen molar-refractivity contribution in [2.24, 2.45) is 12.8 Å². The highest BCUT2D eigenvalue weighted by atomic mass is 35.5. The molecule has 32 heavy (non-hydrogen) atoms. The summed E-state index contributed by atoms with van der Waals surface area (Å²) < 4.78 is 23.9. The first-order chi connectivity index (χ1) is 15.3. The van der Waals surface area contributed by atoms with Gasteiger partial charge < -0.3 is 15.8 Å². The van der Waals surface area contributed by atoms with Gasteiger partial charge in [0.25, 0.3) is 5.91 Å². The van der Waals surface area contributed by atoms with Crippen molar-refractivity contribution in [1.29, 1.82) is 0 Å². The van der Waals surface area contributed by atoms with Gasteiger partial charge in [-0.25, -0.2) is 14.4 Å². The molecule has 0 fully saturated rings. The number of hydrogen-bond acceptors (Lipinski definition) is 7. The van der Waals surface area contributed by atoms with Crippen LogP contribution in [0.4, 0.5) is 16.2 Å². The average molecular weight is 475 g/mol. The first-order valence-corrected chi connectivity index (χ1v) is 10.9. The van der Waals surface area contributed by atoms with E-state index in [1.807, 2.05) is 30.3 Å². The zero-order valence-electron chi connectivity index (χ0n) is 17.3. The Kier molecular flexibility index (Phi) is 6.07. The predicted octanol–water partition coefficient (Wildman–Crippen LogP) is 3.42. The van der Waals surface area contributed by atoms with Gasteiger partial charge in [0.05, 0.1) is 34.7 Å². The molecule has 0 saturated carbocycles. The summed E-state index contributed by atoms with van der Waals surface area (Å²) in [6, 6.07) is 11.1. The Labute approximate surface area is 193 Å². The molecule has 8 nitrogen and oxygen atoms in total.